The number of hydrogen-bond acceptors (Lipinski definition) is 3. The van der Waals surface area contributed by atoms with Gasteiger partial charge in [-0.25, -0.2) is 4.98 Å². The molecule has 0 aromatic carbocycles. The number of thiophene rings is 1. The molecule has 0 saturated heterocycles. The van der Waals surface area contributed by atoms with E-state index in [2.05, 4.69) is 15.3 Å². The van der Waals surface area contributed by atoms with Gasteiger partial charge < -0.3 is 4.98 Å². The quantitative estimate of drug-likeness (QED) is 0.777. The van der Waals surface area contributed by atoms with Crippen molar-refractivity contribution in [1.29, 1.82) is 0 Å². The smallest absolute Gasteiger partial charge is 0.259 e. The Morgan fingerprint density at radius 3 is 3.07 bits per heavy atom. The van der Waals surface area contributed by atoms with Gasteiger partial charge in [-0.1, -0.05) is 0 Å². The molecule has 4 heteroatoms. The Morgan fingerprint density at radius 1 is 1.57 bits per heavy atom. The SMILES string of the molecule is Cc1nc2scc(C3CC3)c2c(=O)[nH]1. The summed E-state index contributed by atoms with van der Waals surface area (Å²) in [7, 11) is 0. The van der Waals surface area contributed by atoms with Crippen LogP contribution in [0.3, 0.4) is 0 Å². The first-order valence-electron chi connectivity index (χ1n) is 4.74. The maximum Gasteiger partial charge on any atom is 0.259 e. The molecule has 1 saturated carbocycles. The predicted octanol–water partition coefficient (Wildman–Crippen LogP) is 2.17. The molecule has 0 spiro atoms. The van der Waals surface area contributed by atoms with Crippen LogP contribution in [-0.2, 0) is 0 Å². The van der Waals surface area contributed by atoms with Gasteiger partial charge in [-0.05, 0) is 36.6 Å². The summed E-state index contributed by atoms with van der Waals surface area (Å²) in [4.78, 5) is 19.7. The van der Waals surface area contributed by atoms with Gasteiger partial charge in [0, 0.05) is 0 Å². The van der Waals surface area contributed by atoms with E-state index < -0.39 is 0 Å². The van der Waals surface area contributed by atoms with Crippen molar-refractivity contribution in [3.8, 4) is 0 Å². The van der Waals surface area contributed by atoms with Gasteiger partial charge in [0.15, 0.2) is 0 Å². The summed E-state index contributed by atoms with van der Waals surface area (Å²) >= 11 is 1.58. The molecule has 0 bridgehead atoms. The third-order valence-corrected chi connectivity index (χ3v) is 3.50. The van der Waals surface area contributed by atoms with E-state index >= 15 is 0 Å². The van der Waals surface area contributed by atoms with Crippen molar-refractivity contribution in [2.75, 3.05) is 0 Å². The van der Waals surface area contributed by atoms with Gasteiger partial charge in [-0.3, -0.25) is 4.79 Å². The highest BCUT2D eigenvalue weighted by atomic mass is 32.1. The summed E-state index contributed by atoms with van der Waals surface area (Å²) in [5.74, 6) is 1.32. The Bertz CT molecular complexity index is 551. The lowest BCUT2D eigenvalue weighted by molar-refractivity contribution is 1.06. The molecule has 1 N–H and O–H groups in total. The van der Waals surface area contributed by atoms with Gasteiger partial charge >= 0.3 is 0 Å². The van der Waals surface area contributed by atoms with Crippen LogP contribution in [0.2, 0.25) is 0 Å². The van der Waals surface area contributed by atoms with E-state index in [4.69, 9.17) is 0 Å². The zero-order valence-corrected chi connectivity index (χ0v) is 8.65. The molecule has 0 atom stereocenters. The lowest BCUT2D eigenvalue weighted by Gasteiger charge is -1.95. The minimum atomic E-state index is 0.0238. The Hall–Kier alpha value is -1.16. The average molecular weight is 206 g/mol. The zero-order chi connectivity index (χ0) is 9.71. The Kier molecular flexibility index (Phi) is 1.56. The molecule has 2 aromatic rings. The third kappa shape index (κ3) is 1.10. The number of hydrogen-bond donors (Lipinski definition) is 1. The minimum Gasteiger partial charge on any atom is -0.310 e. The lowest BCUT2D eigenvalue weighted by atomic mass is 10.1. The number of aryl methyl sites for hydroxylation is 1. The lowest BCUT2D eigenvalue weighted by Crippen LogP contribution is -2.09. The number of fused-ring (bicyclic) bond motifs is 1. The zero-order valence-electron chi connectivity index (χ0n) is 7.83. The first-order chi connectivity index (χ1) is 6.75. The standard InChI is InChI=1S/C10H10N2OS/c1-5-11-9(13)8-7(6-2-3-6)4-14-10(8)12-5/h4,6H,2-3H2,1H3,(H,11,12,13). The summed E-state index contributed by atoms with van der Waals surface area (Å²) in [5.41, 5.74) is 1.23. The number of H-pyrrole nitrogens is 1. The van der Waals surface area contributed by atoms with E-state index in [1.165, 1.54) is 18.4 Å². The topological polar surface area (TPSA) is 45.8 Å². The van der Waals surface area contributed by atoms with Gasteiger partial charge in [-0.15, -0.1) is 11.3 Å². The van der Waals surface area contributed by atoms with Crippen LogP contribution in [-0.4, -0.2) is 9.97 Å². The second-order valence-corrected chi connectivity index (χ2v) is 4.65. The van der Waals surface area contributed by atoms with Crippen LogP contribution < -0.4 is 5.56 Å². The van der Waals surface area contributed by atoms with Crippen molar-refractivity contribution < 1.29 is 0 Å². The molecule has 3 nitrogen and oxygen atoms in total. The molecular weight excluding hydrogens is 196 g/mol. The van der Waals surface area contributed by atoms with E-state index in [-0.39, 0.29) is 5.56 Å². The number of aromatic amines is 1. The summed E-state index contributed by atoms with van der Waals surface area (Å²) in [6.07, 6.45) is 2.44. The van der Waals surface area contributed by atoms with E-state index in [1.54, 1.807) is 11.3 Å². The highest BCUT2D eigenvalue weighted by molar-refractivity contribution is 7.16. The summed E-state index contributed by atoms with van der Waals surface area (Å²) < 4.78 is 0. The van der Waals surface area contributed by atoms with Crippen LogP contribution in [0, 0.1) is 6.92 Å². The maximum absolute atomic E-state index is 11.7. The number of rotatable bonds is 1. The van der Waals surface area contributed by atoms with Gasteiger partial charge in [-0.2, -0.15) is 0 Å². The Morgan fingerprint density at radius 2 is 2.36 bits per heavy atom. The molecule has 0 radical (unpaired) electrons. The molecule has 72 valence electrons. The number of nitrogens with zero attached hydrogens (tertiary/aromatic N) is 1. The van der Waals surface area contributed by atoms with Crippen LogP contribution in [0.4, 0.5) is 0 Å². The van der Waals surface area contributed by atoms with Crippen LogP contribution in [0.15, 0.2) is 10.2 Å². The molecule has 1 aliphatic rings. The first kappa shape index (κ1) is 8.17. The molecule has 14 heavy (non-hydrogen) atoms. The van der Waals surface area contributed by atoms with Crippen molar-refractivity contribution in [2.24, 2.45) is 0 Å². The summed E-state index contributed by atoms with van der Waals surface area (Å²) in [6, 6.07) is 0. The third-order valence-electron chi connectivity index (χ3n) is 2.61. The predicted molar refractivity (Wildman–Crippen MR) is 57.0 cm³/mol. The molecule has 1 fully saturated rings. The van der Waals surface area contributed by atoms with Gasteiger partial charge in [0.25, 0.3) is 5.56 Å². The highest BCUT2D eigenvalue weighted by Crippen LogP contribution is 2.43. The second kappa shape index (κ2) is 2.67. The Balaban J connectivity index is 2.39. The molecule has 2 aromatic heterocycles. The van der Waals surface area contributed by atoms with Crippen LogP contribution in [0.5, 0.6) is 0 Å². The van der Waals surface area contributed by atoms with Crippen molar-refractivity contribution in [1.82, 2.24) is 9.97 Å². The Labute approximate surface area is 84.8 Å². The number of aromatic nitrogens is 2. The fourth-order valence-corrected chi connectivity index (χ4v) is 2.84. The molecular formula is C10H10N2OS. The monoisotopic (exact) mass is 206 g/mol. The van der Waals surface area contributed by atoms with E-state index in [0.29, 0.717) is 11.7 Å². The van der Waals surface area contributed by atoms with Gasteiger partial charge in [0.1, 0.15) is 10.7 Å². The van der Waals surface area contributed by atoms with Crippen molar-refractivity contribution in [3.63, 3.8) is 0 Å². The molecule has 1 aliphatic carbocycles. The van der Waals surface area contributed by atoms with E-state index in [9.17, 15) is 4.79 Å². The number of nitrogens with one attached hydrogen (secondary N) is 1. The highest BCUT2D eigenvalue weighted by Gasteiger charge is 2.27. The maximum atomic E-state index is 11.7. The van der Waals surface area contributed by atoms with Crippen LogP contribution in [0.25, 0.3) is 10.2 Å². The van der Waals surface area contributed by atoms with Crippen molar-refractivity contribution in [3.05, 3.63) is 27.1 Å². The molecule has 0 unspecified atom stereocenters. The fraction of sp³-hybridized carbons (Fsp3) is 0.400. The van der Waals surface area contributed by atoms with Crippen LogP contribution >= 0.6 is 11.3 Å². The van der Waals surface area contributed by atoms with E-state index in [1.807, 2.05) is 6.92 Å². The summed E-state index contributed by atoms with van der Waals surface area (Å²) in [6.45, 7) is 1.82. The normalized spacial score (nSPS) is 16.4. The minimum absolute atomic E-state index is 0.0238. The van der Waals surface area contributed by atoms with Crippen molar-refractivity contribution in [2.45, 2.75) is 25.7 Å². The van der Waals surface area contributed by atoms with E-state index in [0.717, 1.165) is 10.2 Å². The van der Waals surface area contributed by atoms with Crippen molar-refractivity contribution >= 4 is 21.6 Å². The molecule has 3 rings (SSSR count). The summed E-state index contributed by atoms with van der Waals surface area (Å²) in [5, 5.41) is 2.91. The largest absolute Gasteiger partial charge is 0.310 e. The average Bonchev–Trinajstić information content (AvgIpc) is 2.87. The van der Waals surface area contributed by atoms with Crippen LogP contribution in [0.1, 0.15) is 30.1 Å². The molecule has 2 heterocycles. The fourth-order valence-electron chi connectivity index (χ4n) is 1.77. The first-order valence-corrected chi connectivity index (χ1v) is 5.61. The molecule has 0 aliphatic heterocycles. The van der Waals surface area contributed by atoms with Gasteiger partial charge in [0.05, 0.1) is 5.39 Å². The second-order valence-electron chi connectivity index (χ2n) is 3.80. The van der Waals surface area contributed by atoms with Gasteiger partial charge in [0.2, 0.25) is 0 Å². The molecule has 0 amide bonds.